The molecular formula is C32H39N7O3. The molecule has 0 bridgehead atoms. The Balaban J connectivity index is 1.18. The molecule has 1 atom stereocenters. The van der Waals surface area contributed by atoms with Crippen LogP contribution in [0.25, 0.3) is 10.9 Å². The molecule has 4 aromatic rings. The molecule has 1 aliphatic heterocycles. The van der Waals surface area contributed by atoms with Crippen LogP contribution in [0.3, 0.4) is 0 Å². The lowest BCUT2D eigenvalue weighted by molar-refractivity contribution is -0.138. The number of aliphatic carboxylic acids is 1. The van der Waals surface area contributed by atoms with E-state index in [9.17, 15) is 9.90 Å². The average molecular weight is 570 g/mol. The smallest absolute Gasteiger partial charge is 0.326 e. The number of hydrogen-bond acceptors (Lipinski definition) is 9. The number of unbranched alkanes of at least 4 members (excludes halogenated alkanes) is 1. The third-order valence-electron chi connectivity index (χ3n) is 7.62. The van der Waals surface area contributed by atoms with Gasteiger partial charge < -0.3 is 20.5 Å². The Morgan fingerprint density at radius 1 is 1.07 bits per heavy atom. The van der Waals surface area contributed by atoms with Gasteiger partial charge in [-0.1, -0.05) is 18.2 Å². The maximum atomic E-state index is 12.2. The summed E-state index contributed by atoms with van der Waals surface area (Å²) in [5, 5.41) is 17.4. The predicted molar refractivity (Wildman–Crippen MR) is 164 cm³/mol. The molecule has 4 heterocycles. The number of para-hydroxylation sites is 1. The number of nitrogens with zero attached hydrogens (tertiary/aromatic N) is 5. The van der Waals surface area contributed by atoms with E-state index in [1.165, 1.54) is 11.9 Å². The number of anilines is 2. The fraction of sp³-hybridized carbons (Fsp3) is 0.406. The molecule has 1 aliphatic rings. The Kier molecular flexibility index (Phi) is 10.1. The fourth-order valence-corrected chi connectivity index (χ4v) is 5.25. The molecule has 0 saturated carbocycles. The summed E-state index contributed by atoms with van der Waals surface area (Å²) in [6.07, 6.45) is 8.75. The van der Waals surface area contributed by atoms with Gasteiger partial charge in [-0.15, -0.1) is 0 Å². The molecule has 1 aromatic carbocycles. The summed E-state index contributed by atoms with van der Waals surface area (Å²) >= 11 is 0. The first-order valence-corrected chi connectivity index (χ1v) is 14.8. The van der Waals surface area contributed by atoms with Gasteiger partial charge >= 0.3 is 5.97 Å². The number of hydrogen-bond donors (Lipinski definition) is 3. The number of aryl methyl sites for hydroxylation is 3. The molecule has 3 N–H and O–H groups in total. The highest BCUT2D eigenvalue weighted by Gasteiger charge is 2.20. The quantitative estimate of drug-likeness (QED) is 0.173. The lowest BCUT2D eigenvalue weighted by Gasteiger charge is -2.25. The second-order valence-corrected chi connectivity index (χ2v) is 10.6. The molecular weight excluding hydrogens is 530 g/mol. The summed E-state index contributed by atoms with van der Waals surface area (Å²) in [7, 11) is 0. The van der Waals surface area contributed by atoms with Gasteiger partial charge in [0.25, 0.3) is 0 Å². The lowest BCUT2D eigenvalue weighted by atomic mass is 10.1. The van der Waals surface area contributed by atoms with E-state index in [-0.39, 0.29) is 0 Å². The van der Waals surface area contributed by atoms with Crippen molar-refractivity contribution in [3.63, 3.8) is 0 Å². The Morgan fingerprint density at radius 2 is 1.98 bits per heavy atom. The largest absolute Gasteiger partial charge is 0.490 e. The highest BCUT2D eigenvalue weighted by atomic mass is 16.5. The van der Waals surface area contributed by atoms with Gasteiger partial charge in [0.05, 0.1) is 11.2 Å². The zero-order valence-electron chi connectivity index (χ0n) is 24.1. The molecule has 220 valence electrons. The zero-order valence-corrected chi connectivity index (χ0v) is 24.1. The van der Waals surface area contributed by atoms with Crippen LogP contribution in [0.4, 0.5) is 11.6 Å². The molecule has 1 unspecified atom stereocenters. The summed E-state index contributed by atoms with van der Waals surface area (Å²) < 4.78 is 6.02. The third kappa shape index (κ3) is 7.91. The topological polar surface area (TPSA) is 125 Å². The van der Waals surface area contributed by atoms with Crippen molar-refractivity contribution in [1.82, 2.24) is 24.8 Å². The minimum Gasteiger partial charge on any atom is -0.490 e. The van der Waals surface area contributed by atoms with E-state index < -0.39 is 12.0 Å². The molecule has 0 saturated heterocycles. The number of ether oxygens (including phenoxy) is 1. The van der Waals surface area contributed by atoms with E-state index >= 15 is 0 Å². The van der Waals surface area contributed by atoms with Gasteiger partial charge in [-0.3, -0.25) is 9.88 Å². The van der Waals surface area contributed by atoms with Crippen molar-refractivity contribution in [2.24, 2.45) is 0 Å². The second-order valence-electron chi connectivity index (χ2n) is 10.6. The molecule has 42 heavy (non-hydrogen) atoms. The van der Waals surface area contributed by atoms with Gasteiger partial charge in [0.1, 0.15) is 36.4 Å². The van der Waals surface area contributed by atoms with Crippen LogP contribution in [-0.2, 0) is 17.6 Å². The van der Waals surface area contributed by atoms with E-state index in [1.807, 2.05) is 43.3 Å². The van der Waals surface area contributed by atoms with Crippen LogP contribution in [0.15, 0.2) is 61.1 Å². The monoisotopic (exact) mass is 569 g/mol. The molecule has 0 aliphatic carbocycles. The molecule has 3 aromatic heterocycles. The number of carboxylic acids is 1. The number of benzene rings is 1. The number of aromatic nitrogens is 4. The maximum Gasteiger partial charge on any atom is 0.326 e. The molecule has 10 nitrogen and oxygen atoms in total. The first-order chi connectivity index (χ1) is 20.6. The zero-order chi connectivity index (χ0) is 29.1. The summed E-state index contributed by atoms with van der Waals surface area (Å²) in [4.78, 5) is 32.3. The predicted octanol–water partition coefficient (Wildman–Crippen LogP) is 4.75. The third-order valence-corrected chi connectivity index (χ3v) is 7.62. The fourth-order valence-electron chi connectivity index (χ4n) is 5.25. The summed E-state index contributed by atoms with van der Waals surface area (Å²) in [6.45, 7) is 5.52. The Hall–Kier alpha value is -4.31. The van der Waals surface area contributed by atoms with E-state index in [1.54, 1.807) is 6.20 Å². The number of fused-ring (bicyclic) bond motifs is 2. The minimum absolute atomic E-state index is 0.414. The first-order valence-electron chi connectivity index (χ1n) is 14.8. The van der Waals surface area contributed by atoms with Crippen molar-refractivity contribution in [3.8, 4) is 5.75 Å². The number of carbonyl (C=O) groups is 1. The van der Waals surface area contributed by atoms with Crippen LogP contribution in [0.1, 0.15) is 42.6 Å². The molecule has 0 spiro atoms. The maximum absolute atomic E-state index is 12.2. The van der Waals surface area contributed by atoms with E-state index in [0.29, 0.717) is 31.9 Å². The van der Waals surface area contributed by atoms with Crippen molar-refractivity contribution < 1.29 is 14.6 Å². The molecule has 0 radical (unpaired) electrons. The number of rotatable bonds is 15. The van der Waals surface area contributed by atoms with E-state index in [2.05, 4.69) is 42.6 Å². The van der Waals surface area contributed by atoms with Crippen LogP contribution < -0.4 is 15.4 Å². The Labute approximate surface area is 246 Å². The van der Waals surface area contributed by atoms with Crippen LogP contribution in [-0.4, -0.2) is 74.7 Å². The van der Waals surface area contributed by atoms with Crippen LogP contribution in [0.2, 0.25) is 0 Å². The lowest BCUT2D eigenvalue weighted by Crippen LogP contribution is -2.37. The van der Waals surface area contributed by atoms with Gasteiger partial charge in [0.2, 0.25) is 0 Å². The van der Waals surface area contributed by atoms with Crippen molar-refractivity contribution in [3.05, 3.63) is 78.0 Å². The number of nitrogens with one attached hydrogen (secondary N) is 2. The molecule has 0 amide bonds. The van der Waals surface area contributed by atoms with Crippen molar-refractivity contribution in [2.45, 2.75) is 51.5 Å². The van der Waals surface area contributed by atoms with E-state index in [0.717, 1.165) is 79.1 Å². The van der Waals surface area contributed by atoms with Crippen LogP contribution in [0.5, 0.6) is 5.75 Å². The van der Waals surface area contributed by atoms with Gasteiger partial charge in [0, 0.05) is 36.9 Å². The average Bonchev–Trinajstić information content (AvgIpc) is 3.01. The SMILES string of the molecule is Cc1ncccc1OCCN(CCCCc1ccc2c(n1)NCCC2)CCC(Nc1ncnc2ccccc12)C(=O)O. The highest BCUT2D eigenvalue weighted by Crippen LogP contribution is 2.22. The van der Waals surface area contributed by atoms with Crippen molar-refractivity contribution in [2.75, 3.05) is 43.4 Å². The summed E-state index contributed by atoms with van der Waals surface area (Å²) in [5.41, 5.74) is 4.03. The normalized spacial score (nSPS) is 13.4. The van der Waals surface area contributed by atoms with Crippen molar-refractivity contribution >= 4 is 28.5 Å². The Bertz CT molecular complexity index is 1480. The van der Waals surface area contributed by atoms with Gasteiger partial charge in [0.15, 0.2) is 0 Å². The molecule has 10 heteroatoms. The van der Waals surface area contributed by atoms with Crippen LogP contribution >= 0.6 is 0 Å². The van der Waals surface area contributed by atoms with Gasteiger partial charge in [-0.2, -0.15) is 0 Å². The summed E-state index contributed by atoms with van der Waals surface area (Å²) in [5.74, 6) is 1.42. The molecule has 0 fully saturated rings. The minimum atomic E-state index is -0.910. The Morgan fingerprint density at radius 3 is 2.86 bits per heavy atom. The number of pyridine rings is 2. The standard InChI is InChI=1S/C32H39N7O3/c1-23-29(12-7-16-33-23)42-21-20-39(18-5-4-9-25-14-13-24-8-6-17-34-30(24)37-25)19-15-28(32(40)41)38-31-26-10-2-3-11-27(26)35-22-36-31/h2-3,7,10-14,16,22,28H,4-6,8-9,15,17-21H2,1H3,(H,34,37)(H,40,41)(H,35,36,38). The summed E-state index contributed by atoms with van der Waals surface area (Å²) in [6, 6.07) is 14.9. The van der Waals surface area contributed by atoms with Crippen LogP contribution in [0, 0.1) is 6.92 Å². The van der Waals surface area contributed by atoms with Gasteiger partial charge in [-0.05, 0) is 87.9 Å². The second kappa shape index (κ2) is 14.5. The van der Waals surface area contributed by atoms with Gasteiger partial charge in [-0.25, -0.2) is 19.7 Å². The first kappa shape index (κ1) is 29.2. The van der Waals surface area contributed by atoms with E-state index in [4.69, 9.17) is 9.72 Å². The molecule has 5 rings (SSSR count). The number of carboxylic acid groups (broad SMARTS) is 1. The highest BCUT2D eigenvalue weighted by molar-refractivity contribution is 5.90. The van der Waals surface area contributed by atoms with Crippen molar-refractivity contribution in [1.29, 1.82) is 0 Å².